The molecule has 0 spiro atoms. The monoisotopic (exact) mass is 895 g/mol. The molecule has 336 valence electrons. The van der Waals surface area contributed by atoms with E-state index in [4.69, 9.17) is 4.74 Å². The molecule has 3 aliphatic heterocycles. The summed E-state index contributed by atoms with van der Waals surface area (Å²) in [5.41, 5.74) is 3.89. The first-order chi connectivity index (χ1) is 30.2. The van der Waals surface area contributed by atoms with Gasteiger partial charge in [-0.2, -0.15) is 0 Å². The average Bonchev–Trinajstić information content (AvgIpc) is 3.81. The number of amides is 4. The summed E-state index contributed by atoms with van der Waals surface area (Å²) in [6.07, 6.45) is -0.798. The highest BCUT2D eigenvalue weighted by Crippen LogP contribution is 2.40. The van der Waals surface area contributed by atoms with Crippen LogP contribution < -0.4 is 26.0 Å². The van der Waals surface area contributed by atoms with Crippen LogP contribution in [-0.2, 0) is 38.4 Å². The largest absolute Gasteiger partial charge is 0.490 e. The Balaban J connectivity index is 0.000000305. The lowest BCUT2D eigenvalue weighted by molar-refractivity contribution is -0.147. The molecule has 4 aromatic carbocycles. The number of hydrogen-bond acceptors (Lipinski definition) is 10. The van der Waals surface area contributed by atoms with E-state index >= 15 is 0 Å². The van der Waals surface area contributed by atoms with Crippen LogP contribution in [-0.4, -0.2) is 104 Å². The molecule has 0 aromatic heterocycles. The zero-order chi connectivity index (χ0) is 45.0. The lowest BCUT2D eigenvalue weighted by Gasteiger charge is -2.33. The molecule has 63 heavy (non-hydrogen) atoms. The van der Waals surface area contributed by atoms with Gasteiger partial charge >= 0.3 is 0 Å². The molecule has 2 saturated heterocycles. The van der Waals surface area contributed by atoms with E-state index in [9.17, 15) is 29.4 Å². The second-order valence-corrected chi connectivity index (χ2v) is 20.4. The van der Waals surface area contributed by atoms with Crippen molar-refractivity contribution in [1.82, 2.24) is 26.2 Å². The Labute approximate surface area is 379 Å². The second kappa shape index (κ2) is 22.2. The molecular formula is C49H61N5O7S2. The van der Waals surface area contributed by atoms with Crippen molar-refractivity contribution in [3.63, 3.8) is 0 Å². The van der Waals surface area contributed by atoms with Gasteiger partial charge in [-0.25, -0.2) is 0 Å². The molecule has 14 heteroatoms. The number of nitrogens with zero attached hydrogens (tertiary/aromatic N) is 1. The number of nitrogens with one attached hydrogen (secondary N) is 4. The minimum Gasteiger partial charge on any atom is -0.490 e. The molecule has 12 nitrogen and oxygen atoms in total. The number of hydrogen-bond donors (Lipinski definition) is 6. The van der Waals surface area contributed by atoms with Gasteiger partial charge in [0.2, 0.25) is 17.7 Å². The fourth-order valence-corrected chi connectivity index (χ4v) is 10.3. The van der Waals surface area contributed by atoms with Crippen LogP contribution in [0.4, 0.5) is 0 Å². The van der Waals surface area contributed by atoms with Gasteiger partial charge in [0.05, 0.1) is 11.9 Å². The van der Waals surface area contributed by atoms with Crippen LogP contribution in [0.2, 0.25) is 0 Å². The SMILES string of the molecule is CC1(C)SCN(C(=O)[C@@H](O)C[C@@H](Cc2ccccc2)C(=O)N[C@H]2c3ccccc3OC[C@H]2O)[C@@H]1C(=O)NCCc1ccccc1.CC1(C)SCN[C@@H]1C(=O)NCCc1ccccc1. The van der Waals surface area contributed by atoms with E-state index in [1.807, 2.05) is 105 Å². The minimum atomic E-state index is -1.51. The van der Waals surface area contributed by atoms with Crippen molar-refractivity contribution in [3.8, 4) is 5.75 Å². The van der Waals surface area contributed by atoms with Crippen molar-refractivity contribution in [2.24, 2.45) is 5.92 Å². The highest BCUT2D eigenvalue weighted by atomic mass is 32.2. The van der Waals surface area contributed by atoms with Crippen LogP contribution in [0.25, 0.3) is 0 Å². The van der Waals surface area contributed by atoms with Gasteiger partial charge in [-0.15, -0.1) is 23.5 Å². The first-order valence-corrected chi connectivity index (χ1v) is 23.6. The lowest BCUT2D eigenvalue weighted by Crippen LogP contribution is -2.55. The highest BCUT2D eigenvalue weighted by molar-refractivity contribution is 8.01. The molecule has 0 unspecified atom stereocenters. The predicted octanol–water partition coefficient (Wildman–Crippen LogP) is 5.03. The van der Waals surface area contributed by atoms with Crippen LogP contribution in [0.3, 0.4) is 0 Å². The Morgan fingerprint density at radius 2 is 1.32 bits per heavy atom. The second-order valence-electron chi connectivity index (χ2n) is 17.2. The van der Waals surface area contributed by atoms with E-state index < -0.39 is 46.8 Å². The van der Waals surface area contributed by atoms with Gasteiger partial charge in [0, 0.05) is 39.9 Å². The molecule has 7 rings (SSSR count). The van der Waals surface area contributed by atoms with Crippen molar-refractivity contribution in [3.05, 3.63) is 138 Å². The Kier molecular flexibility index (Phi) is 16.8. The first-order valence-electron chi connectivity index (χ1n) is 21.6. The Morgan fingerprint density at radius 3 is 1.90 bits per heavy atom. The van der Waals surface area contributed by atoms with Gasteiger partial charge in [0.25, 0.3) is 5.91 Å². The molecule has 0 bridgehead atoms. The Hall–Kier alpha value is -4.86. The highest BCUT2D eigenvalue weighted by Gasteiger charge is 2.49. The van der Waals surface area contributed by atoms with E-state index in [-0.39, 0.29) is 47.9 Å². The van der Waals surface area contributed by atoms with Crippen LogP contribution in [0.5, 0.6) is 5.75 Å². The van der Waals surface area contributed by atoms with Crippen LogP contribution in [0.1, 0.15) is 62.4 Å². The lowest BCUT2D eigenvalue weighted by atomic mass is 9.90. The number of rotatable bonds is 15. The number of carbonyl (C=O) groups is 4. The topological polar surface area (TPSA) is 169 Å². The maximum atomic E-state index is 13.8. The van der Waals surface area contributed by atoms with Crippen molar-refractivity contribution in [2.75, 3.05) is 31.4 Å². The third-order valence-corrected chi connectivity index (χ3v) is 14.4. The van der Waals surface area contributed by atoms with E-state index in [1.54, 1.807) is 23.9 Å². The zero-order valence-corrected chi connectivity index (χ0v) is 38.1. The molecule has 6 N–H and O–H groups in total. The summed E-state index contributed by atoms with van der Waals surface area (Å²) in [7, 11) is 0. The normalized spacial score (nSPS) is 21.7. The maximum absolute atomic E-state index is 13.8. The summed E-state index contributed by atoms with van der Waals surface area (Å²) in [5.74, 6) is -0.228. The Bertz CT molecular complexity index is 2130. The average molecular weight is 896 g/mol. The Morgan fingerprint density at radius 1 is 0.762 bits per heavy atom. The summed E-state index contributed by atoms with van der Waals surface area (Å²) < 4.78 is 5.04. The number of fused-ring (bicyclic) bond motifs is 1. The number of aliphatic hydroxyl groups excluding tert-OH is 2. The molecule has 6 atom stereocenters. The number of benzene rings is 4. The standard InChI is InChI=1S/C35H41N3O6S.C14H20N2OS/c1-35(2)31(33(42)36-18-17-23-11-5-3-6-12-23)38(22-45-35)34(43)27(39)20-25(19-24-13-7-4-8-14-24)32(41)37-30-26-15-9-10-16-29(26)44-21-28(30)40;1-14(2)12(16-10-18-14)13(17)15-9-8-11-6-4-3-5-7-11/h3-16,25,27-28,30-31,39-40H,17-22H2,1-2H3,(H,36,42)(H,37,41);3-7,12,16H,8-10H2,1-2H3,(H,15,17)/t25-,27+,28-,30+,31-;12-/m11/s1. The molecule has 4 aromatic rings. The maximum Gasteiger partial charge on any atom is 0.252 e. The van der Waals surface area contributed by atoms with Crippen LogP contribution in [0, 0.1) is 5.92 Å². The zero-order valence-electron chi connectivity index (χ0n) is 36.5. The summed E-state index contributed by atoms with van der Waals surface area (Å²) >= 11 is 3.27. The number of aliphatic hydroxyl groups is 2. The van der Waals surface area contributed by atoms with Gasteiger partial charge in [0.1, 0.15) is 36.6 Å². The smallest absolute Gasteiger partial charge is 0.252 e. The molecule has 3 heterocycles. The predicted molar refractivity (Wildman–Crippen MR) is 250 cm³/mol. The van der Waals surface area contributed by atoms with E-state index in [2.05, 4.69) is 47.2 Å². The van der Waals surface area contributed by atoms with Gasteiger partial charge < -0.3 is 35.8 Å². The van der Waals surface area contributed by atoms with Gasteiger partial charge in [-0.3, -0.25) is 24.5 Å². The molecule has 2 fully saturated rings. The summed E-state index contributed by atoms with van der Waals surface area (Å²) in [6.45, 7) is 9.21. The summed E-state index contributed by atoms with van der Waals surface area (Å²) in [5, 5.41) is 34.2. The number of carbonyl (C=O) groups excluding carboxylic acids is 4. The third kappa shape index (κ3) is 12.9. The van der Waals surface area contributed by atoms with Crippen molar-refractivity contribution in [1.29, 1.82) is 0 Å². The van der Waals surface area contributed by atoms with Crippen LogP contribution >= 0.6 is 23.5 Å². The molecule has 3 aliphatic rings. The summed E-state index contributed by atoms with van der Waals surface area (Å²) in [4.78, 5) is 54.5. The molecule has 4 amide bonds. The number of ether oxygens (including phenoxy) is 1. The van der Waals surface area contributed by atoms with Gasteiger partial charge in [-0.05, 0) is 76.1 Å². The number of thioether (sulfide) groups is 2. The van der Waals surface area contributed by atoms with E-state index in [0.717, 1.165) is 23.4 Å². The van der Waals surface area contributed by atoms with Crippen molar-refractivity contribution in [2.45, 2.75) is 93.2 Å². The van der Waals surface area contributed by atoms with Gasteiger partial charge in [0.15, 0.2) is 0 Å². The van der Waals surface area contributed by atoms with Gasteiger partial charge in [-0.1, -0.05) is 109 Å². The molecule has 0 aliphatic carbocycles. The molecule has 0 saturated carbocycles. The van der Waals surface area contributed by atoms with E-state index in [1.165, 1.54) is 22.2 Å². The fourth-order valence-electron chi connectivity index (χ4n) is 8.15. The number of para-hydroxylation sites is 1. The summed E-state index contributed by atoms with van der Waals surface area (Å²) in [6, 6.07) is 35.1. The van der Waals surface area contributed by atoms with Crippen LogP contribution in [0.15, 0.2) is 115 Å². The molecule has 0 radical (unpaired) electrons. The van der Waals surface area contributed by atoms with E-state index in [0.29, 0.717) is 30.8 Å². The van der Waals surface area contributed by atoms with Crippen molar-refractivity contribution >= 4 is 47.2 Å². The fraction of sp³-hybridized carbons (Fsp3) is 0.429. The first kappa shape index (κ1) is 47.6. The van der Waals surface area contributed by atoms with Crippen molar-refractivity contribution < 1.29 is 34.1 Å². The minimum absolute atomic E-state index is 0.0170. The third-order valence-electron chi connectivity index (χ3n) is 11.7. The molecular weight excluding hydrogens is 835 g/mol. The quantitative estimate of drug-likeness (QED) is 0.0953.